The molecule has 4 rings (SSSR count). The molecule has 2 amide bonds. The summed E-state index contributed by atoms with van der Waals surface area (Å²) in [5.41, 5.74) is 1.53. The van der Waals surface area contributed by atoms with Crippen LogP contribution in [0.1, 0.15) is 41.8 Å². The maximum Gasteiger partial charge on any atom is 0.289 e. The maximum atomic E-state index is 12.9. The summed E-state index contributed by atoms with van der Waals surface area (Å²) in [5, 5.41) is 4.01. The van der Waals surface area contributed by atoms with Crippen molar-refractivity contribution in [3.63, 3.8) is 0 Å². The average Bonchev–Trinajstić information content (AvgIpc) is 3.46. The van der Waals surface area contributed by atoms with Gasteiger partial charge >= 0.3 is 0 Å². The lowest BCUT2D eigenvalue weighted by Gasteiger charge is -2.32. The normalized spacial score (nSPS) is 18.2. The quantitative estimate of drug-likeness (QED) is 0.914. The fourth-order valence-corrected chi connectivity index (χ4v) is 3.57. The lowest BCUT2D eigenvalue weighted by Crippen LogP contribution is -2.47. The number of aryl methyl sites for hydroxylation is 1. The van der Waals surface area contributed by atoms with Gasteiger partial charge in [-0.2, -0.15) is 0 Å². The van der Waals surface area contributed by atoms with E-state index in [4.69, 9.17) is 9.15 Å². The topological polar surface area (TPSA) is 71.8 Å². The zero-order chi connectivity index (χ0) is 18.3. The minimum atomic E-state index is -0.0790. The molecule has 0 unspecified atom stereocenters. The number of amides is 2. The molecule has 6 heteroatoms. The van der Waals surface area contributed by atoms with Gasteiger partial charge in [0.1, 0.15) is 11.3 Å². The van der Waals surface area contributed by atoms with Crippen molar-refractivity contribution >= 4 is 22.8 Å². The minimum absolute atomic E-state index is 0.0790. The monoisotopic (exact) mass is 356 g/mol. The van der Waals surface area contributed by atoms with Gasteiger partial charge in [-0.3, -0.25) is 9.59 Å². The third-order valence-corrected chi connectivity index (χ3v) is 5.41. The molecule has 2 aromatic rings. The first-order valence-electron chi connectivity index (χ1n) is 9.23. The van der Waals surface area contributed by atoms with Gasteiger partial charge in [0.25, 0.3) is 5.91 Å². The van der Waals surface area contributed by atoms with Gasteiger partial charge < -0.3 is 19.4 Å². The number of fused-ring (bicyclic) bond motifs is 1. The molecule has 1 aliphatic heterocycles. The molecule has 2 heterocycles. The Morgan fingerprint density at radius 2 is 1.92 bits per heavy atom. The van der Waals surface area contributed by atoms with Gasteiger partial charge in [-0.1, -0.05) is 0 Å². The number of carbonyl (C=O) groups excluding carboxylic acids is 2. The Kier molecular flexibility index (Phi) is 4.34. The van der Waals surface area contributed by atoms with Crippen LogP contribution in [0.5, 0.6) is 5.75 Å². The molecule has 1 saturated heterocycles. The van der Waals surface area contributed by atoms with Crippen molar-refractivity contribution in [2.24, 2.45) is 5.92 Å². The fourth-order valence-electron chi connectivity index (χ4n) is 3.57. The van der Waals surface area contributed by atoms with Gasteiger partial charge in [0.2, 0.25) is 5.91 Å². The van der Waals surface area contributed by atoms with Crippen LogP contribution in [0.2, 0.25) is 0 Å². The third kappa shape index (κ3) is 3.16. The van der Waals surface area contributed by atoms with Crippen LogP contribution in [0.4, 0.5) is 0 Å². The molecule has 1 aliphatic carbocycles. The van der Waals surface area contributed by atoms with Crippen molar-refractivity contribution in [1.82, 2.24) is 10.2 Å². The number of furan rings is 1. The number of methoxy groups -OCH3 is 1. The second kappa shape index (κ2) is 6.67. The molecular weight excluding hydrogens is 332 g/mol. The summed E-state index contributed by atoms with van der Waals surface area (Å²) in [6, 6.07) is 5.73. The van der Waals surface area contributed by atoms with Crippen molar-refractivity contribution < 1.29 is 18.7 Å². The number of ether oxygens (including phenoxy) is 1. The van der Waals surface area contributed by atoms with Gasteiger partial charge in [0.05, 0.1) is 7.11 Å². The molecule has 0 spiro atoms. The number of carbonyl (C=O) groups is 2. The van der Waals surface area contributed by atoms with E-state index in [1.807, 2.05) is 30.0 Å². The van der Waals surface area contributed by atoms with Crippen molar-refractivity contribution in [2.75, 3.05) is 20.2 Å². The molecule has 1 aromatic carbocycles. The summed E-state index contributed by atoms with van der Waals surface area (Å²) in [5.74, 6) is 1.47. The lowest BCUT2D eigenvalue weighted by atomic mass is 10.0. The van der Waals surface area contributed by atoms with E-state index >= 15 is 0 Å². The Bertz CT molecular complexity index is 845. The summed E-state index contributed by atoms with van der Waals surface area (Å²) >= 11 is 0. The molecule has 0 radical (unpaired) electrons. The van der Waals surface area contributed by atoms with Gasteiger partial charge in [-0.25, -0.2) is 0 Å². The summed E-state index contributed by atoms with van der Waals surface area (Å²) < 4.78 is 11.1. The molecule has 6 nitrogen and oxygen atoms in total. The lowest BCUT2D eigenvalue weighted by molar-refractivity contribution is -0.123. The van der Waals surface area contributed by atoms with E-state index in [0.717, 1.165) is 42.4 Å². The molecule has 138 valence electrons. The van der Waals surface area contributed by atoms with Crippen LogP contribution >= 0.6 is 0 Å². The highest BCUT2D eigenvalue weighted by atomic mass is 16.5. The van der Waals surface area contributed by atoms with E-state index in [0.29, 0.717) is 24.4 Å². The zero-order valence-electron chi connectivity index (χ0n) is 15.2. The standard InChI is InChI=1S/C20H24N2O4/c1-12-16-11-15(25-2)5-6-17(16)26-18(12)20(24)22-9-7-14(8-10-22)21-19(23)13-3-4-13/h5-6,11,13-14H,3-4,7-10H2,1-2H3,(H,21,23). The number of piperidine rings is 1. The van der Waals surface area contributed by atoms with Crippen molar-refractivity contribution in [2.45, 2.75) is 38.6 Å². The maximum absolute atomic E-state index is 12.9. The van der Waals surface area contributed by atoms with Gasteiger partial charge in [-0.05, 0) is 50.8 Å². The molecule has 1 aromatic heterocycles. The van der Waals surface area contributed by atoms with E-state index in [1.54, 1.807) is 7.11 Å². The molecule has 2 aliphatic rings. The van der Waals surface area contributed by atoms with Gasteiger partial charge in [0.15, 0.2) is 5.76 Å². The number of hydrogen-bond acceptors (Lipinski definition) is 4. The predicted octanol–water partition coefficient (Wildman–Crippen LogP) is 2.88. The average molecular weight is 356 g/mol. The Labute approximate surface area is 152 Å². The van der Waals surface area contributed by atoms with Gasteiger partial charge in [-0.15, -0.1) is 0 Å². The van der Waals surface area contributed by atoms with Crippen LogP contribution in [0.3, 0.4) is 0 Å². The molecule has 1 N–H and O–H groups in total. The highest BCUT2D eigenvalue weighted by Gasteiger charge is 2.33. The zero-order valence-corrected chi connectivity index (χ0v) is 15.2. The van der Waals surface area contributed by atoms with E-state index in [-0.39, 0.29) is 23.8 Å². The number of nitrogens with one attached hydrogen (secondary N) is 1. The molecule has 2 fully saturated rings. The number of hydrogen-bond donors (Lipinski definition) is 1. The van der Waals surface area contributed by atoms with E-state index in [9.17, 15) is 9.59 Å². The van der Waals surface area contributed by atoms with Crippen molar-refractivity contribution in [3.05, 3.63) is 29.5 Å². The first-order valence-corrected chi connectivity index (χ1v) is 9.23. The summed E-state index contributed by atoms with van der Waals surface area (Å²) in [4.78, 5) is 26.6. The highest BCUT2D eigenvalue weighted by Crippen LogP contribution is 2.31. The number of likely N-dealkylation sites (tertiary alicyclic amines) is 1. The van der Waals surface area contributed by atoms with E-state index < -0.39 is 0 Å². The second-order valence-electron chi connectivity index (χ2n) is 7.27. The van der Waals surface area contributed by atoms with Crippen LogP contribution in [-0.4, -0.2) is 43.0 Å². The SMILES string of the molecule is COc1ccc2oc(C(=O)N3CCC(NC(=O)C4CC4)CC3)c(C)c2c1. The number of nitrogens with zero attached hydrogens (tertiary/aromatic N) is 1. The first kappa shape index (κ1) is 16.9. The summed E-state index contributed by atoms with van der Waals surface area (Å²) in [6.07, 6.45) is 3.60. The largest absolute Gasteiger partial charge is 0.497 e. The molecule has 0 bridgehead atoms. The molecule has 1 saturated carbocycles. The molecular formula is C20H24N2O4. The first-order chi connectivity index (χ1) is 12.6. The Morgan fingerprint density at radius 1 is 1.19 bits per heavy atom. The van der Waals surface area contributed by atoms with E-state index in [2.05, 4.69) is 5.32 Å². The van der Waals surface area contributed by atoms with Crippen LogP contribution in [-0.2, 0) is 4.79 Å². The fraction of sp³-hybridized carbons (Fsp3) is 0.500. The smallest absolute Gasteiger partial charge is 0.289 e. The highest BCUT2D eigenvalue weighted by molar-refractivity contribution is 5.99. The van der Waals surface area contributed by atoms with Crippen LogP contribution < -0.4 is 10.1 Å². The number of rotatable bonds is 4. The van der Waals surface area contributed by atoms with E-state index in [1.165, 1.54) is 0 Å². The second-order valence-corrected chi connectivity index (χ2v) is 7.27. The summed E-state index contributed by atoms with van der Waals surface area (Å²) in [6.45, 7) is 3.17. The Morgan fingerprint density at radius 3 is 2.58 bits per heavy atom. The Hall–Kier alpha value is -2.50. The minimum Gasteiger partial charge on any atom is -0.497 e. The number of benzene rings is 1. The van der Waals surface area contributed by atoms with Crippen molar-refractivity contribution in [1.29, 1.82) is 0 Å². The molecule has 0 atom stereocenters. The van der Waals surface area contributed by atoms with Crippen LogP contribution in [0, 0.1) is 12.8 Å². The van der Waals surface area contributed by atoms with Crippen LogP contribution in [0.15, 0.2) is 22.6 Å². The molecule has 26 heavy (non-hydrogen) atoms. The van der Waals surface area contributed by atoms with Crippen LogP contribution in [0.25, 0.3) is 11.0 Å². The predicted molar refractivity (Wildman–Crippen MR) is 97.3 cm³/mol. The van der Waals surface area contributed by atoms with Gasteiger partial charge in [0, 0.05) is 36.0 Å². The third-order valence-electron chi connectivity index (χ3n) is 5.41. The summed E-state index contributed by atoms with van der Waals surface area (Å²) in [7, 11) is 1.62. The van der Waals surface area contributed by atoms with Crippen molar-refractivity contribution in [3.8, 4) is 5.75 Å². The Balaban J connectivity index is 1.44.